The fraction of sp³-hybridized carbons (Fsp3) is 0.100. The molecule has 66 valence electrons. The number of hydrogen-bond acceptors (Lipinski definition) is 1. The molecule has 1 aromatic carbocycles. The van der Waals surface area contributed by atoms with E-state index < -0.39 is 0 Å². The summed E-state index contributed by atoms with van der Waals surface area (Å²) < 4.78 is 1.04. The highest BCUT2D eigenvalue weighted by Crippen LogP contribution is 2.25. The van der Waals surface area contributed by atoms with E-state index in [1.165, 1.54) is 0 Å². The standard InChI is InChI=1S/C10H7BrClN/c1-6-4-9(11)8-5-7(12)2-3-10(8)13-6/h2-5H,1H3. The first kappa shape index (κ1) is 8.97. The van der Waals surface area contributed by atoms with Crippen molar-refractivity contribution in [1.29, 1.82) is 0 Å². The average Bonchev–Trinajstić information content (AvgIpc) is 2.06. The highest BCUT2D eigenvalue weighted by Gasteiger charge is 2.01. The van der Waals surface area contributed by atoms with Crippen LogP contribution in [0.2, 0.25) is 5.02 Å². The van der Waals surface area contributed by atoms with Gasteiger partial charge in [0.05, 0.1) is 5.52 Å². The topological polar surface area (TPSA) is 12.9 Å². The number of hydrogen-bond donors (Lipinski definition) is 0. The Balaban J connectivity index is 2.87. The Kier molecular flexibility index (Phi) is 2.26. The third-order valence-corrected chi connectivity index (χ3v) is 2.74. The zero-order valence-electron chi connectivity index (χ0n) is 7.01. The number of rotatable bonds is 0. The molecule has 13 heavy (non-hydrogen) atoms. The number of pyridine rings is 1. The number of fused-ring (bicyclic) bond motifs is 1. The molecule has 0 aliphatic rings. The molecule has 3 heteroatoms. The first-order valence-electron chi connectivity index (χ1n) is 3.89. The minimum Gasteiger partial charge on any atom is -0.253 e. The van der Waals surface area contributed by atoms with Crippen molar-refractivity contribution in [2.75, 3.05) is 0 Å². The lowest BCUT2D eigenvalue weighted by Gasteiger charge is -2.02. The molecule has 0 saturated carbocycles. The van der Waals surface area contributed by atoms with Gasteiger partial charge in [-0.2, -0.15) is 0 Å². The molecular weight excluding hydrogens is 249 g/mol. The van der Waals surface area contributed by atoms with Gasteiger partial charge in [-0.3, -0.25) is 4.98 Å². The van der Waals surface area contributed by atoms with Gasteiger partial charge in [-0.05, 0) is 31.2 Å². The van der Waals surface area contributed by atoms with Gasteiger partial charge in [0.25, 0.3) is 0 Å². The summed E-state index contributed by atoms with van der Waals surface area (Å²) in [5.74, 6) is 0. The second-order valence-electron chi connectivity index (χ2n) is 2.91. The van der Waals surface area contributed by atoms with Crippen molar-refractivity contribution in [2.45, 2.75) is 6.92 Å². The van der Waals surface area contributed by atoms with Crippen LogP contribution in [0.4, 0.5) is 0 Å². The van der Waals surface area contributed by atoms with E-state index in [2.05, 4.69) is 20.9 Å². The molecule has 0 aliphatic heterocycles. The fourth-order valence-electron chi connectivity index (χ4n) is 1.28. The average molecular weight is 257 g/mol. The minimum atomic E-state index is 0.735. The lowest BCUT2D eigenvalue weighted by atomic mass is 10.2. The number of nitrogens with zero attached hydrogens (tertiary/aromatic N) is 1. The van der Waals surface area contributed by atoms with Crippen LogP contribution in [-0.4, -0.2) is 4.98 Å². The summed E-state index contributed by atoms with van der Waals surface area (Å²) in [5, 5.41) is 1.79. The number of aromatic nitrogens is 1. The molecule has 0 atom stereocenters. The van der Waals surface area contributed by atoms with Crippen molar-refractivity contribution in [3.63, 3.8) is 0 Å². The third-order valence-electron chi connectivity index (χ3n) is 1.85. The Hall–Kier alpha value is -0.600. The van der Waals surface area contributed by atoms with Crippen LogP contribution in [0.1, 0.15) is 5.69 Å². The summed E-state index contributed by atoms with van der Waals surface area (Å²) in [6, 6.07) is 7.67. The van der Waals surface area contributed by atoms with Gasteiger partial charge >= 0.3 is 0 Å². The predicted octanol–water partition coefficient (Wildman–Crippen LogP) is 3.96. The van der Waals surface area contributed by atoms with Gasteiger partial charge < -0.3 is 0 Å². The molecule has 0 amide bonds. The normalized spacial score (nSPS) is 10.7. The Bertz CT molecular complexity index is 468. The van der Waals surface area contributed by atoms with E-state index in [1.54, 1.807) is 0 Å². The molecule has 1 nitrogen and oxygen atoms in total. The van der Waals surface area contributed by atoms with Crippen molar-refractivity contribution in [2.24, 2.45) is 0 Å². The molecule has 1 heterocycles. The quantitative estimate of drug-likeness (QED) is 0.695. The van der Waals surface area contributed by atoms with Crippen LogP contribution < -0.4 is 0 Å². The molecule has 0 unspecified atom stereocenters. The molecule has 0 saturated heterocycles. The monoisotopic (exact) mass is 255 g/mol. The second-order valence-corrected chi connectivity index (χ2v) is 4.20. The summed E-state index contributed by atoms with van der Waals surface area (Å²) in [4.78, 5) is 4.39. The summed E-state index contributed by atoms with van der Waals surface area (Å²) >= 11 is 9.37. The fourth-order valence-corrected chi connectivity index (χ4v) is 2.10. The highest BCUT2D eigenvalue weighted by molar-refractivity contribution is 9.10. The predicted molar refractivity (Wildman–Crippen MR) is 59.2 cm³/mol. The van der Waals surface area contributed by atoms with E-state index in [9.17, 15) is 0 Å². The summed E-state index contributed by atoms with van der Waals surface area (Å²) in [6.07, 6.45) is 0. The van der Waals surface area contributed by atoms with E-state index in [4.69, 9.17) is 11.6 Å². The SMILES string of the molecule is Cc1cc(Br)c2cc(Cl)ccc2n1. The van der Waals surface area contributed by atoms with Crippen LogP contribution >= 0.6 is 27.5 Å². The Morgan fingerprint density at radius 1 is 1.31 bits per heavy atom. The molecule has 0 fully saturated rings. The summed E-state index contributed by atoms with van der Waals surface area (Å²) in [6.45, 7) is 1.97. The van der Waals surface area contributed by atoms with Gasteiger partial charge in [0.15, 0.2) is 0 Å². The van der Waals surface area contributed by atoms with Crippen molar-refractivity contribution in [3.05, 3.63) is 39.5 Å². The van der Waals surface area contributed by atoms with Crippen LogP contribution in [0.25, 0.3) is 10.9 Å². The van der Waals surface area contributed by atoms with Gasteiger partial charge in [-0.15, -0.1) is 0 Å². The van der Waals surface area contributed by atoms with Gasteiger partial charge in [0.1, 0.15) is 0 Å². The molecule has 0 bridgehead atoms. The number of benzene rings is 1. The molecule has 2 rings (SSSR count). The largest absolute Gasteiger partial charge is 0.253 e. The summed E-state index contributed by atoms with van der Waals surface area (Å²) in [7, 11) is 0. The van der Waals surface area contributed by atoms with Crippen LogP contribution in [-0.2, 0) is 0 Å². The van der Waals surface area contributed by atoms with E-state index >= 15 is 0 Å². The van der Waals surface area contributed by atoms with Crippen molar-refractivity contribution < 1.29 is 0 Å². The Morgan fingerprint density at radius 3 is 2.85 bits per heavy atom. The maximum absolute atomic E-state index is 5.88. The molecule has 1 aromatic heterocycles. The van der Waals surface area contributed by atoms with E-state index in [0.29, 0.717) is 0 Å². The lowest BCUT2D eigenvalue weighted by Crippen LogP contribution is -1.84. The van der Waals surface area contributed by atoms with Crippen molar-refractivity contribution >= 4 is 38.4 Å². The first-order chi connectivity index (χ1) is 6.16. The highest BCUT2D eigenvalue weighted by atomic mass is 79.9. The zero-order valence-corrected chi connectivity index (χ0v) is 9.35. The number of halogens is 2. The molecule has 0 spiro atoms. The van der Waals surface area contributed by atoms with Crippen LogP contribution in [0, 0.1) is 6.92 Å². The van der Waals surface area contributed by atoms with Crippen molar-refractivity contribution in [3.8, 4) is 0 Å². The Labute approximate surface area is 89.9 Å². The molecule has 0 radical (unpaired) electrons. The van der Waals surface area contributed by atoms with Crippen LogP contribution in [0.5, 0.6) is 0 Å². The first-order valence-corrected chi connectivity index (χ1v) is 5.06. The van der Waals surface area contributed by atoms with Crippen LogP contribution in [0.15, 0.2) is 28.7 Å². The maximum Gasteiger partial charge on any atom is 0.0717 e. The van der Waals surface area contributed by atoms with E-state index in [0.717, 1.165) is 26.1 Å². The van der Waals surface area contributed by atoms with E-state index in [-0.39, 0.29) is 0 Å². The maximum atomic E-state index is 5.88. The smallest absolute Gasteiger partial charge is 0.0717 e. The van der Waals surface area contributed by atoms with Gasteiger partial charge in [0, 0.05) is 20.6 Å². The minimum absolute atomic E-state index is 0.735. The molecule has 0 N–H and O–H groups in total. The second kappa shape index (κ2) is 3.28. The molecular formula is C10H7BrClN. The number of aryl methyl sites for hydroxylation is 1. The van der Waals surface area contributed by atoms with Gasteiger partial charge in [0.2, 0.25) is 0 Å². The van der Waals surface area contributed by atoms with Crippen molar-refractivity contribution in [1.82, 2.24) is 4.98 Å². The molecule has 2 aromatic rings. The summed E-state index contributed by atoms with van der Waals surface area (Å²) in [5.41, 5.74) is 1.97. The Morgan fingerprint density at radius 2 is 2.08 bits per heavy atom. The van der Waals surface area contributed by atoms with E-state index in [1.807, 2.05) is 31.2 Å². The van der Waals surface area contributed by atoms with Crippen LogP contribution in [0.3, 0.4) is 0 Å². The lowest BCUT2D eigenvalue weighted by molar-refractivity contribution is 1.25. The van der Waals surface area contributed by atoms with Gasteiger partial charge in [-0.1, -0.05) is 27.5 Å². The third kappa shape index (κ3) is 1.69. The van der Waals surface area contributed by atoms with Gasteiger partial charge in [-0.25, -0.2) is 0 Å². The zero-order chi connectivity index (χ0) is 9.42. The molecule has 0 aliphatic carbocycles.